The third-order valence-electron chi connectivity index (χ3n) is 3.22. The Morgan fingerprint density at radius 3 is 2.41 bits per heavy atom. The van der Waals surface area contributed by atoms with E-state index in [1.807, 2.05) is 6.92 Å². The molecule has 0 atom stereocenters. The molecule has 5 nitrogen and oxygen atoms in total. The van der Waals surface area contributed by atoms with Crippen LogP contribution in [0.15, 0.2) is 12.7 Å². The number of hydrogen-bond acceptors (Lipinski definition) is 4. The number of nitrogens with zero attached hydrogens (tertiary/aromatic N) is 1. The number of piperidine rings is 1. The van der Waals surface area contributed by atoms with Crippen LogP contribution in [0.3, 0.4) is 0 Å². The number of quaternary nitrogens is 1. The van der Waals surface area contributed by atoms with Crippen LogP contribution in [0.25, 0.3) is 0 Å². The lowest BCUT2D eigenvalue weighted by atomic mass is 10.1. The van der Waals surface area contributed by atoms with E-state index in [1.54, 1.807) is 7.11 Å². The summed E-state index contributed by atoms with van der Waals surface area (Å²) in [6, 6.07) is 0. The van der Waals surface area contributed by atoms with E-state index in [1.165, 1.54) is 6.08 Å². The van der Waals surface area contributed by atoms with Crippen LogP contribution < -0.4 is 0 Å². The van der Waals surface area contributed by atoms with Crippen molar-refractivity contribution in [3.05, 3.63) is 12.7 Å². The highest BCUT2D eigenvalue weighted by Crippen LogP contribution is 2.23. The first-order valence-corrected chi connectivity index (χ1v) is 7.48. The number of rotatable bonds is 6. The summed E-state index contributed by atoms with van der Waals surface area (Å²) in [4.78, 5) is 0. The summed E-state index contributed by atoms with van der Waals surface area (Å²) < 4.78 is 34.1. The Hall–Kier alpha value is -0.430. The highest BCUT2D eigenvalue weighted by molar-refractivity contribution is 7.86. The minimum atomic E-state index is -3.51. The van der Waals surface area contributed by atoms with Crippen molar-refractivity contribution in [1.29, 1.82) is 0 Å². The fourth-order valence-corrected chi connectivity index (χ4v) is 3.20. The van der Waals surface area contributed by atoms with Crippen LogP contribution in [0.4, 0.5) is 0 Å². The summed E-state index contributed by atoms with van der Waals surface area (Å²) in [5.41, 5.74) is 0. The molecule has 1 saturated heterocycles. The van der Waals surface area contributed by atoms with Crippen molar-refractivity contribution in [2.75, 3.05) is 32.5 Å². The molecule has 1 aliphatic heterocycles. The predicted octanol–water partition coefficient (Wildman–Crippen LogP) is 1.08. The molecular weight excluding hydrogens is 242 g/mol. The van der Waals surface area contributed by atoms with Crippen molar-refractivity contribution in [1.82, 2.24) is 0 Å². The molecule has 0 aromatic heterocycles. The average Bonchev–Trinajstić information content (AvgIpc) is 2.29. The molecule has 0 saturated carbocycles. The first kappa shape index (κ1) is 14.6. The number of hydrogen-bond donors (Lipinski definition) is 0. The molecule has 0 bridgehead atoms. The van der Waals surface area contributed by atoms with Gasteiger partial charge in [-0.25, -0.2) is 0 Å². The van der Waals surface area contributed by atoms with Gasteiger partial charge in [0.1, 0.15) is 19.6 Å². The molecule has 6 heteroatoms. The number of hydroxylamine groups is 3. The Kier molecular flexibility index (Phi) is 5.12. The molecule has 1 rings (SSSR count). The SMILES string of the molecule is C=CCS(=O)(=O)O[N+]1(CC)CCC(OC)CC1. The second-order valence-corrected chi connectivity index (χ2v) is 5.94. The minimum Gasteiger partial charge on any atom is -0.381 e. The Balaban J connectivity index is 2.68. The maximum absolute atomic E-state index is 11.7. The van der Waals surface area contributed by atoms with Crippen molar-refractivity contribution in [2.45, 2.75) is 25.9 Å². The van der Waals surface area contributed by atoms with Crippen molar-refractivity contribution in [2.24, 2.45) is 0 Å². The second kappa shape index (κ2) is 5.95. The maximum Gasteiger partial charge on any atom is 0.317 e. The van der Waals surface area contributed by atoms with Gasteiger partial charge in [-0.05, 0) is 6.92 Å². The number of ether oxygens (including phenoxy) is 1. The predicted molar refractivity (Wildman–Crippen MR) is 65.6 cm³/mol. The zero-order valence-electron chi connectivity index (χ0n) is 10.6. The van der Waals surface area contributed by atoms with E-state index in [2.05, 4.69) is 6.58 Å². The standard InChI is InChI=1S/C11H22NO4S/c1-4-10-17(13,14)16-12(5-2)8-6-11(15-3)7-9-12/h4,11H,1,5-10H2,2-3H3/q+1. The fraction of sp³-hybridized carbons (Fsp3) is 0.818. The van der Waals surface area contributed by atoms with Crippen LogP contribution in [-0.2, 0) is 19.1 Å². The topological polar surface area (TPSA) is 52.6 Å². The van der Waals surface area contributed by atoms with Gasteiger partial charge in [-0.15, -0.1) is 6.58 Å². The van der Waals surface area contributed by atoms with Crippen molar-refractivity contribution >= 4 is 10.1 Å². The lowest BCUT2D eigenvalue weighted by Gasteiger charge is -2.38. The Morgan fingerprint density at radius 2 is 2.00 bits per heavy atom. The summed E-state index contributed by atoms with van der Waals surface area (Å²) in [6.07, 6.45) is 3.23. The van der Waals surface area contributed by atoms with Crippen molar-refractivity contribution in [3.63, 3.8) is 0 Å². The van der Waals surface area contributed by atoms with Gasteiger partial charge in [0.2, 0.25) is 0 Å². The molecule has 0 N–H and O–H groups in total. The van der Waals surface area contributed by atoms with Gasteiger partial charge < -0.3 is 4.74 Å². The van der Waals surface area contributed by atoms with Crippen LogP contribution in [0.2, 0.25) is 0 Å². The van der Waals surface area contributed by atoms with Gasteiger partial charge in [0.15, 0.2) is 0 Å². The average molecular weight is 264 g/mol. The number of likely N-dealkylation sites (tertiary alicyclic amines) is 1. The normalized spacial score (nSPS) is 30.1. The summed E-state index contributed by atoms with van der Waals surface area (Å²) >= 11 is 0. The third kappa shape index (κ3) is 4.06. The molecule has 0 aliphatic carbocycles. The zero-order valence-corrected chi connectivity index (χ0v) is 11.4. The first-order chi connectivity index (χ1) is 7.97. The molecule has 0 radical (unpaired) electrons. The number of methoxy groups -OCH3 is 1. The molecule has 17 heavy (non-hydrogen) atoms. The summed E-state index contributed by atoms with van der Waals surface area (Å²) in [7, 11) is -1.83. The van der Waals surface area contributed by atoms with Gasteiger partial charge in [0.05, 0.1) is 11.9 Å². The van der Waals surface area contributed by atoms with E-state index in [-0.39, 0.29) is 16.5 Å². The second-order valence-electron chi connectivity index (χ2n) is 4.34. The molecule has 0 aromatic rings. The molecule has 1 fully saturated rings. The van der Waals surface area contributed by atoms with Gasteiger partial charge in [-0.1, -0.05) is 10.4 Å². The summed E-state index contributed by atoms with van der Waals surface area (Å²) in [6.45, 7) is 7.36. The van der Waals surface area contributed by atoms with E-state index in [0.29, 0.717) is 19.6 Å². The van der Waals surface area contributed by atoms with E-state index in [9.17, 15) is 8.42 Å². The molecular formula is C11H22NO4S+. The van der Waals surface area contributed by atoms with Gasteiger partial charge in [-0.3, -0.25) is 0 Å². The van der Waals surface area contributed by atoms with Gasteiger partial charge in [0, 0.05) is 20.0 Å². The van der Waals surface area contributed by atoms with Gasteiger partial charge in [-0.2, -0.15) is 13.1 Å². The maximum atomic E-state index is 11.7. The quantitative estimate of drug-likeness (QED) is 0.532. The highest BCUT2D eigenvalue weighted by Gasteiger charge is 2.38. The summed E-state index contributed by atoms with van der Waals surface area (Å²) in [5, 5.41) is 0. The lowest BCUT2D eigenvalue weighted by molar-refractivity contribution is -1.08. The lowest BCUT2D eigenvalue weighted by Crippen LogP contribution is -2.55. The van der Waals surface area contributed by atoms with Crippen LogP contribution in [0.1, 0.15) is 19.8 Å². The van der Waals surface area contributed by atoms with Gasteiger partial charge in [0.25, 0.3) is 0 Å². The Morgan fingerprint density at radius 1 is 1.41 bits per heavy atom. The highest BCUT2D eigenvalue weighted by atomic mass is 32.2. The minimum absolute atomic E-state index is 0.138. The van der Waals surface area contributed by atoms with E-state index in [4.69, 9.17) is 9.02 Å². The zero-order chi connectivity index (χ0) is 12.9. The largest absolute Gasteiger partial charge is 0.381 e. The van der Waals surface area contributed by atoms with E-state index >= 15 is 0 Å². The van der Waals surface area contributed by atoms with Crippen molar-refractivity contribution in [3.8, 4) is 0 Å². The van der Waals surface area contributed by atoms with Crippen LogP contribution in [0.5, 0.6) is 0 Å². The molecule has 100 valence electrons. The van der Waals surface area contributed by atoms with E-state index < -0.39 is 10.1 Å². The summed E-state index contributed by atoms with van der Waals surface area (Å²) in [5.74, 6) is -0.138. The van der Waals surface area contributed by atoms with E-state index in [0.717, 1.165) is 12.8 Å². The monoisotopic (exact) mass is 264 g/mol. The fourth-order valence-electron chi connectivity index (χ4n) is 2.11. The first-order valence-electron chi connectivity index (χ1n) is 5.90. The van der Waals surface area contributed by atoms with Gasteiger partial charge >= 0.3 is 10.1 Å². The third-order valence-corrected chi connectivity index (χ3v) is 4.41. The molecule has 0 spiro atoms. The Labute approximate surface area is 104 Å². The molecule has 1 heterocycles. The Bertz CT molecular complexity index is 344. The molecule has 0 amide bonds. The smallest absolute Gasteiger partial charge is 0.317 e. The van der Waals surface area contributed by atoms with Crippen molar-refractivity contribution < 1.29 is 22.1 Å². The van der Waals surface area contributed by atoms with Crippen LogP contribution >= 0.6 is 0 Å². The van der Waals surface area contributed by atoms with Crippen LogP contribution in [-0.4, -0.2) is 51.7 Å². The molecule has 0 unspecified atom stereocenters. The van der Waals surface area contributed by atoms with Crippen LogP contribution in [0, 0.1) is 0 Å². The molecule has 0 aromatic carbocycles. The molecule has 1 aliphatic rings.